The van der Waals surface area contributed by atoms with Crippen molar-refractivity contribution in [3.05, 3.63) is 36.7 Å². The zero-order valence-electron chi connectivity index (χ0n) is 12.0. The van der Waals surface area contributed by atoms with Crippen LogP contribution in [-0.2, 0) is 0 Å². The first-order valence-electron chi connectivity index (χ1n) is 6.94. The Balaban J connectivity index is 2.35. The molecule has 1 aromatic carbocycles. The topological polar surface area (TPSA) is 67.1 Å². The summed E-state index contributed by atoms with van der Waals surface area (Å²) in [7, 11) is 0. The minimum Gasteiger partial charge on any atom is -0.393 e. The van der Waals surface area contributed by atoms with Gasteiger partial charge in [0.25, 0.3) is 0 Å². The van der Waals surface area contributed by atoms with Crippen LogP contribution in [0.3, 0.4) is 0 Å². The number of hydrogen-bond donors (Lipinski definition) is 2. The molecule has 0 fully saturated rings. The quantitative estimate of drug-likeness (QED) is 0.845. The monoisotopic (exact) mass is 271 g/mol. The van der Waals surface area contributed by atoms with Crippen molar-refractivity contribution >= 4 is 23.0 Å². The Labute approximate surface area is 119 Å². The van der Waals surface area contributed by atoms with E-state index in [0.717, 1.165) is 31.0 Å². The Bertz CT molecular complexity index is 541. The molecule has 0 atom stereocenters. The van der Waals surface area contributed by atoms with Crippen molar-refractivity contribution in [1.29, 1.82) is 0 Å². The van der Waals surface area contributed by atoms with Gasteiger partial charge in [0.15, 0.2) is 11.6 Å². The Morgan fingerprint density at radius 2 is 1.90 bits per heavy atom. The second-order valence-electron chi connectivity index (χ2n) is 4.47. The minimum absolute atomic E-state index is 0.589. The molecule has 106 valence electrons. The lowest BCUT2D eigenvalue weighted by molar-refractivity contribution is 0.952. The predicted octanol–water partition coefficient (Wildman–Crippen LogP) is 3.04. The van der Waals surface area contributed by atoms with Gasteiger partial charge in [-0.05, 0) is 25.5 Å². The van der Waals surface area contributed by atoms with Gasteiger partial charge >= 0.3 is 0 Å². The van der Waals surface area contributed by atoms with Gasteiger partial charge in [-0.1, -0.05) is 25.1 Å². The fraction of sp³-hybridized carbons (Fsp3) is 0.333. The van der Waals surface area contributed by atoms with Crippen molar-refractivity contribution in [2.75, 3.05) is 29.0 Å². The lowest BCUT2D eigenvalue weighted by Gasteiger charge is -2.24. The summed E-state index contributed by atoms with van der Waals surface area (Å²) in [6.45, 7) is 5.82. The van der Waals surface area contributed by atoms with Gasteiger partial charge in [-0.15, -0.1) is 0 Å². The van der Waals surface area contributed by atoms with Gasteiger partial charge < -0.3 is 16.0 Å². The number of anilines is 4. The average Bonchev–Trinajstić information content (AvgIpc) is 2.49. The molecule has 0 aliphatic heterocycles. The molecule has 20 heavy (non-hydrogen) atoms. The summed E-state index contributed by atoms with van der Waals surface area (Å²) in [6, 6.07) is 10.1. The third kappa shape index (κ3) is 2.99. The van der Waals surface area contributed by atoms with Crippen LogP contribution < -0.4 is 16.0 Å². The van der Waals surface area contributed by atoms with Crippen LogP contribution in [0.4, 0.5) is 23.0 Å². The molecule has 0 spiro atoms. The van der Waals surface area contributed by atoms with Crippen LogP contribution in [0.5, 0.6) is 0 Å². The summed E-state index contributed by atoms with van der Waals surface area (Å²) in [5.41, 5.74) is 7.87. The third-order valence-corrected chi connectivity index (χ3v) is 3.05. The van der Waals surface area contributed by atoms with Crippen LogP contribution in [-0.4, -0.2) is 23.1 Å². The van der Waals surface area contributed by atoms with Gasteiger partial charge in [-0.2, -0.15) is 0 Å². The van der Waals surface area contributed by atoms with Crippen LogP contribution in [0.25, 0.3) is 0 Å². The molecule has 0 bridgehead atoms. The Morgan fingerprint density at radius 1 is 1.15 bits per heavy atom. The van der Waals surface area contributed by atoms with Crippen LogP contribution >= 0.6 is 0 Å². The molecule has 0 saturated carbocycles. The highest BCUT2D eigenvalue weighted by Crippen LogP contribution is 2.31. The SMILES string of the molecule is CCCNc1ncnc(N(CC)c2ccccc2)c1N. The highest BCUT2D eigenvalue weighted by atomic mass is 15.2. The lowest BCUT2D eigenvalue weighted by atomic mass is 10.2. The molecular formula is C15H21N5. The summed E-state index contributed by atoms with van der Waals surface area (Å²) in [4.78, 5) is 10.6. The van der Waals surface area contributed by atoms with E-state index in [9.17, 15) is 0 Å². The van der Waals surface area contributed by atoms with Crippen LogP contribution in [0.15, 0.2) is 36.7 Å². The number of rotatable bonds is 6. The number of nitrogens with two attached hydrogens (primary N) is 1. The van der Waals surface area contributed by atoms with E-state index in [-0.39, 0.29) is 0 Å². The number of nitrogen functional groups attached to an aromatic ring is 1. The van der Waals surface area contributed by atoms with Crippen LogP contribution in [0.1, 0.15) is 20.3 Å². The zero-order valence-corrected chi connectivity index (χ0v) is 12.0. The zero-order chi connectivity index (χ0) is 14.4. The number of nitrogens with one attached hydrogen (secondary N) is 1. The van der Waals surface area contributed by atoms with Gasteiger partial charge in [0.1, 0.15) is 12.0 Å². The first kappa shape index (κ1) is 14.1. The van der Waals surface area contributed by atoms with Gasteiger partial charge in [0.05, 0.1) is 0 Å². The van der Waals surface area contributed by atoms with Crippen molar-refractivity contribution < 1.29 is 0 Å². The molecule has 3 N–H and O–H groups in total. The fourth-order valence-electron chi connectivity index (χ4n) is 2.05. The van der Waals surface area contributed by atoms with E-state index >= 15 is 0 Å². The highest BCUT2D eigenvalue weighted by molar-refractivity contribution is 5.79. The maximum absolute atomic E-state index is 6.21. The normalized spacial score (nSPS) is 10.3. The van der Waals surface area contributed by atoms with E-state index in [0.29, 0.717) is 11.5 Å². The Kier molecular flexibility index (Phi) is 4.76. The average molecular weight is 271 g/mol. The summed E-state index contributed by atoms with van der Waals surface area (Å²) in [6.07, 6.45) is 2.57. The first-order valence-corrected chi connectivity index (χ1v) is 6.94. The summed E-state index contributed by atoms with van der Waals surface area (Å²) in [5.74, 6) is 1.44. The van der Waals surface area contributed by atoms with E-state index < -0.39 is 0 Å². The summed E-state index contributed by atoms with van der Waals surface area (Å²) < 4.78 is 0. The van der Waals surface area contributed by atoms with E-state index in [1.54, 1.807) is 6.33 Å². The molecule has 0 saturated heterocycles. The lowest BCUT2D eigenvalue weighted by Crippen LogP contribution is -2.20. The number of aromatic nitrogens is 2. The number of para-hydroxylation sites is 1. The third-order valence-electron chi connectivity index (χ3n) is 3.05. The van der Waals surface area contributed by atoms with Crippen LogP contribution in [0.2, 0.25) is 0 Å². The Hall–Kier alpha value is -2.30. The second kappa shape index (κ2) is 6.75. The molecule has 1 heterocycles. The van der Waals surface area contributed by atoms with Gasteiger partial charge in [-0.25, -0.2) is 9.97 Å². The van der Waals surface area contributed by atoms with Gasteiger partial charge in [0, 0.05) is 18.8 Å². The predicted molar refractivity (Wildman–Crippen MR) is 84.3 cm³/mol. The molecule has 0 radical (unpaired) electrons. The molecule has 5 heteroatoms. The molecule has 0 aliphatic rings. The summed E-state index contributed by atoms with van der Waals surface area (Å²) in [5, 5.41) is 3.23. The van der Waals surface area contributed by atoms with E-state index in [1.807, 2.05) is 30.3 Å². The molecule has 5 nitrogen and oxygen atoms in total. The maximum Gasteiger partial charge on any atom is 0.161 e. The molecule has 1 aromatic heterocycles. The Morgan fingerprint density at radius 3 is 2.55 bits per heavy atom. The molecule has 0 amide bonds. The molecule has 0 aliphatic carbocycles. The highest BCUT2D eigenvalue weighted by Gasteiger charge is 2.15. The largest absolute Gasteiger partial charge is 0.393 e. The number of hydrogen-bond acceptors (Lipinski definition) is 5. The second-order valence-corrected chi connectivity index (χ2v) is 4.47. The molecular weight excluding hydrogens is 250 g/mol. The standard InChI is InChI=1S/C15H21N5/c1-3-10-17-14-13(16)15(19-11-18-14)20(4-2)12-8-6-5-7-9-12/h5-9,11H,3-4,10,16H2,1-2H3,(H,17,18,19). The summed E-state index contributed by atoms with van der Waals surface area (Å²) >= 11 is 0. The van der Waals surface area contributed by atoms with Gasteiger partial charge in [0.2, 0.25) is 0 Å². The van der Waals surface area contributed by atoms with Crippen molar-refractivity contribution in [3.63, 3.8) is 0 Å². The number of nitrogens with zero attached hydrogens (tertiary/aromatic N) is 3. The first-order chi connectivity index (χ1) is 9.77. The van der Waals surface area contributed by atoms with E-state index in [4.69, 9.17) is 5.73 Å². The number of benzene rings is 1. The van der Waals surface area contributed by atoms with Crippen molar-refractivity contribution in [1.82, 2.24) is 9.97 Å². The van der Waals surface area contributed by atoms with Crippen molar-refractivity contribution in [3.8, 4) is 0 Å². The van der Waals surface area contributed by atoms with Crippen LogP contribution in [0, 0.1) is 0 Å². The molecule has 2 rings (SSSR count). The fourth-order valence-corrected chi connectivity index (χ4v) is 2.05. The van der Waals surface area contributed by atoms with E-state index in [1.165, 1.54) is 0 Å². The molecule has 0 unspecified atom stereocenters. The minimum atomic E-state index is 0.589. The van der Waals surface area contributed by atoms with Gasteiger partial charge in [-0.3, -0.25) is 0 Å². The maximum atomic E-state index is 6.21. The van der Waals surface area contributed by atoms with Crippen molar-refractivity contribution in [2.24, 2.45) is 0 Å². The van der Waals surface area contributed by atoms with E-state index in [2.05, 4.69) is 34.0 Å². The van der Waals surface area contributed by atoms with Crippen molar-refractivity contribution in [2.45, 2.75) is 20.3 Å². The molecule has 2 aromatic rings. The smallest absolute Gasteiger partial charge is 0.161 e.